The average Bonchev–Trinajstić information content (AvgIpc) is 3.20. The number of hydrogen-bond donors (Lipinski definition) is 1. The maximum absolute atomic E-state index is 12.9. The molecule has 2 aliphatic heterocycles. The van der Waals surface area contributed by atoms with Gasteiger partial charge in [-0.1, -0.05) is 11.6 Å². The quantitative estimate of drug-likeness (QED) is 0.716. The summed E-state index contributed by atoms with van der Waals surface area (Å²) in [5.41, 5.74) is 1.27. The molecule has 32 heavy (non-hydrogen) atoms. The van der Waals surface area contributed by atoms with Crippen LogP contribution < -0.4 is 10.2 Å². The molecule has 170 valence electrons. The van der Waals surface area contributed by atoms with E-state index < -0.39 is 15.9 Å². The molecule has 0 radical (unpaired) electrons. The van der Waals surface area contributed by atoms with Crippen molar-refractivity contribution >= 4 is 44.8 Å². The SMILES string of the molecule is CN1CCN(S(=O)(=O)c2ccc(NC(=O)c3ccc(Cl)cc3N3CCCC3=O)cc2)CC1. The average molecular weight is 477 g/mol. The second kappa shape index (κ2) is 9.19. The maximum Gasteiger partial charge on any atom is 0.257 e. The van der Waals surface area contributed by atoms with Gasteiger partial charge in [0.15, 0.2) is 0 Å². The molecule has 0 atom stereocenters. The first-order valence-corrected chi connectivity index (χ1v) is 12.3. The molecule has 0 saturated carbocycles. The summed E-state index contributed by atoms with van der Waals surface area (Å²) in [7, 11) is -1.61. The molecule has 2 amide bonds. The molecule has 8 nitrogen and oxygen atoms in total. The van der Waals surface area contributed by atoms with Crippen LogP contribution in [0.5, 0.6) is 0 Å². The largest absolute Gasteiger partial charge is 0.322 e. The number of benzene rings is 2. The first kappa shape index (κ1) is 22.7. The fourth-order valence-electron chi connectivity index (χ4n) is 3.91. The number of piperazine rings is 1. The van der Waals surface area contributed by atoms with Gasteiger partial charge >= 0.3 is 0 Å². The molecule has 2 aromatic carbocycles. The van der Waals surface area contributed by atoms with E-state index in [-0.39, 0.29) is 10.8 Å². The number of anilines is 2. The van der Waals surface area contributed by atoms with Gasteiger partial charge in [0.05, 0.1) is 16.1 Å². The fourth-order valence-corrected chi connectivity index (χ4v) is 5.50. The molecule has 0 unspecified atom stereocenters. The topological polar surface area (TPSA) is 90.0 Å². The molecule has 0 spiro atoms. The van der Waals surface area contributed by atoms with Crippen molar-refractivity contribution in [2.24, 2.45) is 0 Å². The van der Waals surface area contributed by atoms with Gasteiger partial charge in [0.25, 0.3) is 5.91 Å². The number of amides is 2. The van der Waals surface area contributed by atoms with Crippen molar-refractivity contribution in [3.63, 3.8) is 0 Å². The van der Waals surface area contributed by atoms with Crippen molar-refractivity contribution < 1.29 is 18.0 Å². The van der Waals surface area contributed by atoms with Crippen molar-refractivity contribution in [1.29, 1.82) is 0 Å². The number of sulfonamides is 1. The van der Waals surface area contributed by atoms with Crippen LogP contribution in [0.3, 0.4) is 0 Å². The summed E-state index contributed by atoms with van der Waals surface area (Å²) >= 11 is 6.11. The molecular formula is C22H25ClN4O4S. The van der Waals surface area contributed by atoms with Crippen molar-refractivity contribution in [3.8, 4) is 0 Å². The Morgan fingerprint density at radius 3 is 2.31 bits per heavy atom. The number of carbonyl (C=O) groups is 2. The smallest absolute Gasteiger partial charge is 0.257 e. The van der Waals surface area contributed by atoms with Crippen LogP contribution in [0, 0.1) is 0 Å². The van der Waals surface area contributed by atoms with E-state index in [1.807, 2.05) is 7.05 Å². The van der Waals surface area contributed by atoms with Gasteiger partial charge in [0.1, 0.15) is 0 Å². The number of nitrogens with zero attached hydrogens (tertiary/aromatic N) is 3. The van der Waals surface area contributed by atoms with Crippen LogP contribution >= 0.6 is 11.6 Å². The zero-order valence-electron chi connectivity index (χ0n) is 17.8. The highest BCUT2D eigenvalue weighted by Gasteiger charge is 2.28. The van der Waals surface area contributed by atoms with E-state index in [0.29, 0.717) is 61.1 Å². The van der Waals surface area contributed by atoms with E-state index in [0.717, 1.165) is 6.42 Å². The Kier molecular flexibility index (Phi) is 6.52. The minimum atomic E-state index is -3.58. The number of nitrogens with one attached hydrogen (secondary N) is 1. The fraction of sp³-hybridized carbons (Fsp3) is 0.364. The molecule has 2 aliphatic rings. The highest BCUT2D eigenvalue weighted by molar-refractivity contribution is 7.89. The number of halogens is 1. The van der Waals surface area contributed by atoms with E-state index in [2.05, 4.69) is 10.2 Å². The molecule has 0 aliphatic carbocycles. The summed E-state index contributed by atoms with van der Waals surface area (Å²) in [5.74, 6) is -0.439. The molecule has 2 heterocycles. The molecule has 2 fully saturated rings. The lowest BCUT2D eigenvalue weighted by Crippen LogP contribution is -2.46. The third-order valence-corrected chi connectivity index (χ3v) is 7.93. The monoisotopic (exact) mass is 476 g/mol. The third kappa shape index (κ3) is 4.66. The molecule has 0 bridgehead atoms. The summed E-state index contributed by atoms with van der Waals surface area (Å²) in [4.78, 5) is 29.0. The molecule has 1 N–H and O–H groups in total. The predicted molar refractivity (Wildman–Crippen MR) is 124 cm³/mol. The molecule has 4 rings (SSSR count). The lowest BCUT2D eigenvalue weighted by molar-refractivity contribution is -0.117. The Morgan fingerprint density at radius 2 is 1.69 bits per heavy atom. The summed E-state index contributed by atoms with van der Waals surface area (Å²) in [5, 5.41) is 3.22. The summed E-state index contributed by atoms with van der Waals surface area (Å²) in [6.45, 7) is 2.82. The van der Waals surface area contributed by atoms with Crippen molar-refractivity contribution in [2.45, 2.75) is 17.7 Å². The Labute approximate surface area is 192 Å². The van der Waals surface area contributed by atoms with Gasteiger partial charge < -0.3 is 15.1 Å². The lowest BCUT2D eigenvalue weighted by atomic mass is 10.1. The van der Waals surface area contributed by atoms with Gasteiger partial charge in [-0.15, -0.1) is 0 Å². The molecule has 10 heteroatoms. The van der Waals surface area contributed by atoms with Crippen molar-refractivity contribution in [3.05, 3.63) is 53.1 Å². The minimum absolute atomic E-state index is 0.0419. The number of hydrogen-bond acceptors (Lipinski definition) is 5. The second-order valence-corrected chi connectivity index (χ2v) is 10.4. The van der Waals surface area contributed by atoms with Gasteiger partial charge in [-0.05, 0) is 55.9 Å². The van der Waals surface area contributed by atoms with Gasteiger partial charge in [-0.25, -0.2) is 8.42 Å². The Balaban J connectivity index is 1.51. The van der Waals surface area contributed by atoms with Crippen LogP contribution in [0.4, 0.5) is 11.4 Å². The molecule has 2 saturated heterocycles. The normalized spacial score (nSPS) is 18.2. The van der Waals surface area contributed by atoms with Crippen molar-refractivity contribution in [1.82, 2.24) is 9.21 Å². The highest BCUT2D eigenvalue weighted by atomic mass is 35.5. The molecule has 2 aromatic rings. The van der Waals surface area contributed by atoms with E-state index in [1.165, 1.54) is 16.4 Å². The Hall–Kier alpha value is -2.46. The van der Waals surface area contributed by atoms with Gasteiger partial charge in [-0.2, -0.15) is 4.31 Å². The lowest BCUT2D eigenvalue weighted by Gasteiger charge is -2.31. The van der Waals surface area contributed by atoms with Crippen LogP contribution in [0.15, 0.2) is 47.4 Å². The predicted octanol–water partition coefficient (Wildman–Crippen LogP) is 2.66. The second-order valence-electron chi connectivity index (χ2n) is 8.00. The maximum atomic E-state index is 12.9. The Morgan fingerprint density at radius 1 is 1.00 bits per heavy atom. The standard InChI is InChI=1S/C22H25ClN4O4S/c1-25-11-13-26(14-12-25)32(30,31)18-7-5-17(6-8-18)24-22(29)19-9-4-16(23)15-20(19)27-10-2-3-21(27)28/h4-9,15H,2-3,10-14H2,1H3,(H,24,29). The molecular weight excluding hydrogens is 452 g/mol. The first-order chi connectivity index (χ1) is 15.3. The van der Waals surface area contributed by atoms with E-state index >= 15 is 0 Å². The highest BCUT2D eigenvalue weighted by Crippen LogP contribution is 2.29. The Bertz CT molecular complexity index is 1130. The van der Waals surface area contributed by atoms with Gasteiger partial charge in [0, 0.05) is 49.9 Å². The van der Waals surface area contributed by atoms with Crippen LogP contribution in [0.2, 0.25) is 5.02 Å². The number of rotatable bonds is 5. The first-order valence-electron chi connectivity index (χ1n) is 10.5. The van der Waals surface area contributed by atoms with E-state index in [9.17, 15) is 18.0 Å². The van der Waals surface area contributed by atoms with Crippen LogP contribution in [0.25, 0.3) is 0 Å². The summed E-state index contributed by atoms with van der Waals surface area (Å²) in [6.07, 6.45) is 1.17. The van der Waals surface area contributed by atoms with E-state index in [4.69, 9.17) is 11.6 Å². The van der Waals surface area contributed by atoms with Crippen LogP contribution in [-0.4, -0.2) is 69.2 Å². The zero-order valence-corrected chi connectivity index (χ0v) is 19.3. The number of carbonyl (C=O) groups excluding carboxylic acids is 2. The summed E-state index contributed by atoms with van der Waals surface area (Å²) in [6, 6.07) is 10.9. The minimum Gasteiger partial charge on any atom is -0.322 e. The van der Waals surface area contributed by atoms with Gasteiger partial charge in [-0.3, -0.25) is 9.59 Å². The van der Waals surface area contributed by atoms with E-state index in [1.54, 1.807) is 35.2 Å². The molecule has 0 aromatic heterocycles. The van der Waals surface area contributed by atoms with Crippen LogP contribution in [-0.2, 0) is 14.8 Å². The number of likely N-dealkylation sites (N-methyl/N-ethyl adjacent to an activating group) is 1. The third-order valence-electron chi connectivity index (χ3n) is 5.78. The summed E-state index contributed by atoms with van der Waals surface area (Å²) < 4.78 is 27.2. The van der Waals surface area contributed by atoms with Gasteiger partial charge in [0.2, 0.25) is 15.9 Å². The van der Waals surface area contributed by atoms with Crippen molar-refractivity contribution in [2.75, 3.05) is 50.0 Å². The van der Waals surface area contributed by atoms with Crippen LogP contribution in [0.1, 0.15) is 23.2 Å². The zero-order chi connectivity index (χ0) is 22.9.